The van der Waals surface area contributed by atoms with Gasteiger partial charge in [0, 0.05) is 27.5 Å². The Morgan fingerprint density at radius 2 is 2.11 bits per heavy atom. The minimum Gasteiger partial charge on any atom is -0.383 e. The first-order chi connectivity index (χ1) is 8.95. The molecule has 0 aliphatic rings. The molecule has 0 aliphatic carbocycles. The summed E-state index contributed by atoms with van der Waals surface area (Å²) in [5.74, 6) is 2.02. The summed E-state index contributed by atoms with van der Waals surface area (Å²) in [5, 5.41) is 0.676. The lowest BCUT2D eigenvalue weighted by Crippen LogP contribution is -2.06. The largest absolute Gasteiger partial charge is 0.383 e. The topological polar surface area (TPSA) is 43.8 Å². The molecular weight excluding hydrogens is 326 g/mol. The summed E-state index contributed by atoms with van der Waals surface area (Å²) < 4.78 is 2.99. The van der Waals surface area contributed by atoms with E-state index < -0.39 is 0 Å². The van der Waals surface area contributed by atoms with Crippen LogP contribution in [0.4, 0.5) is 5.82 Å². The number of hydrogen-bond donors (Lipinski definition) is 1. The molecule has 2 rings (SSSR count). The number of nitrogen functional groups attached to an aromatic ring is 1. The number of rotatable bonds is 3. The van der Waals surface area contributed by atoms with Crippen molar-refractivity contribution in [1.29, 1.82) is 0 Å². The molecule has 1 aromatic heterocycles. The summed E-state index contributed by atoms with van der Waals surface area (Å²) in [6, 6.07) is 5.64. The Labute approximate surface area is 126 Å². The second kappa shape index (κ2) is 5.55. The zero-order valence-corrected chi connectivity index (χ0v) is 13.6. The number of nitrogens with two attached hydrogens (primary N) is 1. The first-order valence-electron chi connectivity index (χ1n) is 6.27. The number of benzene rings is 1. The maximum atomic E-state index is 6.24. The Kier molecular flexibility index (Phi) is 4.21. The third-order valence-electron chi connectivity index (χ3n) is 3.05. The van der Waals surface area contributed by atoms with E-state index in [-0.39, 0.29) is 0 Å². The van der Waals surface area contributed by atoms with E-state index in [1.165, 1.54) is 0 Å². The molecule has 19 heavy (non-hydrogen) atoms. The Hall–Kier alpha value is -1.00. The van der Waals surface area contributed by atoms with Gasteiger partial charge >= 0.3 is 0 Å². The lowest BCUT2D eigenvalue weighted by molar-refractivity contribution is 0.658. The third-order valence-corrected chi connectivity index (χ3v) is 3.98. The number of anilines is 1. The van der Waals surface area contributed by atoms with Crippen LogP contribution >= 0.6 is 27.5 Å². The zero-order chi connectivity index (χ0) is 14.2. The molecule has 0 bridgehead atoms. The molecule has 2 aromatic rings. The minimum absolute atomic E-state index is 0.328. The average Bonchev–Trinajstić information content (AvgIpc) is 2.69. The molecular formula is C14H17BrClN3. The standard InChI is InChI=1S/C14H17BrClN3/c1-4-19-13(17)12(18-14(19)8(2)3)10-7-9(16)5-6-11(10)15/h5-8H,4,17H2,1-3H3. The highest BCUT2D eigenvalue weighted by molar-refractivity contribution is 9.10. The van der Waals surface area contributed by atoms with E-state index in [9.17, 15) is 0 Å². The van der Waals surface area contributed by atoms with Crippen molar-refractivity contribution >= 4 is 33.3 Å². The molecule has 0 aliphatic heterocycles. The maximum Gasteiger partial charge on any atom is 0.131 e. The normalized spacial score (nSPS) is 11.3. The number of nitrogens with zero attached hydrogens (tertiary/aromatic N) is 2. The van der Waals surface area contributed by atoms with Gasteiger partial charge in [-0.05, 0) is 25.1 Å². The van der Waals surface area contributed by atoms with Gasteiger partial charge in [0.05, 0.1) is 0 Å². The molecule has 1 heterocycles. The first kappa shape index (κ1) is 14.4. The molecule has 0 unspecified atom stereocenters. The molecule has 3 nitrogen and oxygen atoms in total. The van der Waals surface area contributed by atoms with Crippen LogP contribution in [0, 0.1) is 0 Å². The van der Waals surface area contributed by atoms with Crippen molar-refractivity contribution in [2.45, 2.75) is 33.2 Å². The van der Waals surface area contributed by atoms with Crippen molar-refractivity contribution in [3.63, 3.8) is 0 Å². The molecule has 2 N–H and O–H groups in total. The lowest BCUT2D eigenvalue weighted by Gasteiger charge is -2.08. The van der Waals surface area contributed by atoms with E-state index in [2.05, 4.69) is 36.7 Å². The molecule has 102 valence electrons. The van der Waals surface area contributed by atoms with Crippen LogP contribution < -0.4 is 5.73 Å². The number of halogens is 2. The van der Waals surface area contributed by atoms with E-state index in [4.69, 9.17) is 22.3 Å². The fourth-order valence-electron chi connectivity index (χ4n) is 2.13. The summed E-state index contributed by atoms with van der Waals surface area (Å²) in [7, 11) is 0. The molecule has 0 fully saturated rings. The van der Waals surface area contributed by atoms with Gasteiger partial charge in [0.15, 0.2) is 0 Å². The summed E-state index contributed by atoms with van der Waals surface area (Å²) in [5.41, 5.74) is 7.96. The highest BCUT2D eigenvalue weighted by atomic mass is 79.9. The van der Waals surface area contributed by atoms with E-state index in [0.29, 0.717) is 16.8 Å². The van der Waals surface area contributed by atoms with Crippen LogP contribution in [0.3, 0.4) is 0 Å². The number of aromatic nitrogens is 2. The van der Waals surface area contributed by atoms with Gasteiger partial charge in [-0.1, -0.05) is 41.4 Å². The first-order valence-corrected chi connectivity index (χ1v) is 7.44. The van der Waals surface area contributed by atoms with E-state index in [0.717, 1.165) is 28.1 Å². The van der Waals surface area contributed by atoms with Gasteiger partial charge in [0.25, 0.3) is 0 Å². The van der Waals surface area contributed by atoms with Crippen molar-refractivity contribution in [3.05, 3.63) is 33.5 Å². The van der Waals surface area contributed by atoms with Crippen LogP contribution in [0.2, 0.25) is 5.02 Å². The maximum absolute atomic E-state index is 6.24. The summed E-state index contributed by atoms with van der Waals surface area (Å²) in [6.07, 6.45) is 0. The van der Waals surface area contributed by atoms with Crippen LogP contribution in [0.15, 0.2) is 22.7 Å². The quantitative estimate of drug-likeness (QED) is 0.879. The molecule has 0 saturated heterocycles. The fraction of sp³-hybridized carbons (Fsp3) is 0.357. The Morgan fingerprint density at radius 3 is 2.63 bits per heavy atom. The average molecular weight is 343 g/mol. The van der Waals surface area contributed by atoms with Crippen molar-refractivity contribution in [2.24, 2.45) is 0 Å². The molecule has 5 heteroatoms. The molecule has 0 saturated carbocycles. The Balaban J connectivity index is 2.66. The molecule has 1 aromatic carbocycles. The van der Waals surface area contributed by atoms with E-state index >= 15 is 0 Å². The fourth-order valence-corrected chi connectivity index (χ4v) is 2.74. The van der Waals surface area contributed by atoms with Crippen LogP contribution in [-0.2, 0) is 6.54 Å². The smallest absolute Gasteiger partial charge is 0.131 e. The van der Waals surface area contributed by atoms with Crippen LogP contribution in [0.25, 0.3) is 11.3 Å². The van der Waals surface area contributed by atoms with Gasteiger partial charge in [-0.3, -0.25) is 0 Å². The molecule has 0 atom stereocenters. The summed E-state index contributed by atoms with van der Waals surface area (Å²) >= 11 is 9.60. The molecule has 0 amide bonds. The van der Waals surface area contributed by atoms with Crippen molar-refractivity contribution in [2.75, 3.05) is 5.73 Å². The van der Waals surface area contributed by atoms with Gasteiger partial charge in [-0.2, -0.15) is 0 Å². The Morgan fingerprint density at radius 1 is 1.42 bits per heavy atom. The van der Waals surface area contributed by atoms with Crippen molar-refractivity contribution < 1.29 is 0 Å². The van der Waals surface area contributed by atoms with Crippen molar-refractivity contribution in [3.8, 4) is 11.3 Å². The number of imidazole rings is 1. The zero-order valence-electron chi connectivity index (χ0n) is 11.2. The molecule has 0 spiro atoms. The van der Waals surface area contributed by atoms with Gasteiger partial charge < -0.3 is 10.3 Å². The molecule has 0 radical (unpaired) electrons. The highest BCUT2D eigenvalue weighted by Crippen LogP contribution is 2.35. The van der Waals surface area contributed by atoms with Gasteiger partial charge in [-0.25, -0.2) is 4.98 Å². The van der Waals surface area contributed by atoms with Crippen LogP contribution in [-0.4, -0.2) is 9.55 Å². The minimum atomic E-state index is 0.328. The van der Waals surface area contributed by atoms with Crippen LogP contribution in [0.1, 0.15) is 32.5 Å². The van der Waals surface area contributed by atoms with Crippen LogP contribution in [0.5, 0.6) is 0 Å². The Bertz CT molecular complexity index is 605. The van der Waals surface area contributed by atoms with Gasteiger partial charge in [0.1, 0.15) is 17.3 Å². The third kappa shape index (κ3) is 2.65. The van der Waals surface area contributed by atoms with E-state index in [1.807, 2.05) is 22.8 Å². The predicted octanol–water partition coefficient (Wildman–Crippen LogP) is 4.69. The number of hydrogen-bond acceptors (Lipinski definition) is 2. The van der Waals surface area contributed by atoms with Gasteiger partial charge in [-0.15, -0.1) is 0 Å². The summed E-state index contributed by atoms with van der Waals surface area (Å²) in [6.45, 7) is 7.11. The SMILES string of the molecule is CCn1c(C(C)C)nc(-c2cc(Cl)ccc2Br)c1N. The van der Waals surface area contributed by atoms with E-state index in [1.54, 1.807) is 0 Å². The predicted molar refractivity (Wildman–Crippen MR) is 84.5 cm³/mol. The highest BCUT2D eigenvalue weighted by Gasteiger charge is 2.19. The van der Waals surface area contributed by atoms with Gasteiger partial charge in [0.2, 0.25) is 0 Å². The second-order valence-corrected chi connectivity index (χ2v) is 6.02. The second-order valence-electron chi connectivity index (χ2n) is 4.73. The monoisotopic (exact) mass is 341 g/mol. The lowest BCUT2D eigenvalue weighted by atomic mass is 10.1. The summed E-state index contributed by atoms with van der Waals surface area (Å²) in [4.78, 5) is 4.70. The van der Waals surface area contributed by atoms with Crippen molar-refractivity contribution in [1.82, 2.24) is 9.55 Å².